The molecule has 6 nitrogen and oxygen atoms in total. The third-order valence-corrected chi connectivity index (χ3v) is 1.74. The van der Waals surface area contributed by atoms with Crippen LogP contribution in [-0.4, -0.2) is 21.0 Å². The number of aromatic nitrogens is 2. The predicted molar refractivity (Wildman–Crippen MR) is 51.1 cm³/mol. The first kappa shape index (κ1) is 9.20. The molecule has 0 atom stereocenters. The number of carbonyl (C=O) groups is 1. The number of rotatable bonds is 2. The number of nitrogens with two attached hydrogens (primary N) is 1. The Morgan fingerprint density at radius 2 is 2.27 bits per heavy atom. The second-order valence-electron chi connectivity index (χ2n) is 2.78. The molecule has 0 aromatic carbocycles. The van der Waals surface area contributed by atoms with Crippen LogP contribution in [0.4, 0.5) is 5.95 Å². The molecule has 0 saturated carbocycles. The zero-order chi connectivity index (χ0) is 10.8. The summed E-state index contributed by atoms with van der Waals surface area (Å²) in [6.45, 7) is 0. The second-order valence-corrected chi connectivity index (χ2v) is 2.78. The van der Waals surface area contributed by atoms with Crippen molar-refractivity contribution < 1.29 is 14.3 Å². The van der Waals surface area contributed by atoms with Crippen LogP contribution in [0.5, 0.6) is 0 Å². The van der Waals surface area contributed by atoms with Crippen molar-refractivity contribution in [2.75, 3.05) is 5.73 Å². The van der Waals surface area contributed by atoms with E-state index in [1.54, 1.807) is 12.1 Å². The highest BCUT2D eigenvalue weighted by Gasteiger charge is 2.11. The molecule has 15 heavy (non-hydrogen) atoms. The monoisotopic (exact) mass is 205 g/mol. The van der Waals surface area contributed by atoms with Gasteiger partial charge in [0.1, 0.15) is 5.69 Å². The lowest BCUT2D eigenvalue weighted by molar-refractivity contribution is 0.0690. The molecule has 76 valence electrons. The highest BCUT2D eigenvalue weighted by molar-refractivity contribution is 5.86. The lowest BCUT2D eigenvalue weighted by Crippen LogP contribution is -2.05. The Balaban J connectivity index is 2.54. The van der Waals surface area contributed by atoms with Crippen molar-refractivity contribution in [3.63, 3.8) is 0 Å². The van der Waals surface area contributed by atoms with Gasteiger partial charge in [-0.15, -0.1) is 0 Å². The van der Waals surface area contributed by atoms with E-state index in [2.05, 4.69) is 9.97 Å². The van der Waals surface area contributed by atoms with Gasteiger partial charge < -0.3 is 15.3 Å². The summed E-state index contributed by atoms with van der Waals surface area (Å²) in [6.07, 6.45) is 1.47. The maximum atomic E-state index is 10.7. The normalized spacial score (nSPS) is 10.1. The molecule has 0 spiro atoms. The first-order valence-corrected chi connectivity index (χ1v) is 4.08. The summed E-state index contributed by atoms with van der Waals surface area (Å²) in [5.41, 5.74) is 5.57. The molecule has 0 unspecified atom stereocenters. The molecule has 2 heterocycles. The lowest BCUT2D eigenvalue weighted by Gasteiger charge is -1.99. The van der Waals surface area contributed by atoms with E-state index in [4.69, 9.17) is 15.3 Å². The molecular weight excluding hydrogens is 198 g/mol. The summed E-state index contributed by atoms with van der Waals surface area (Å²) >= 11 is 0. The van der Waals surface area contributed by atoms with Gasteiger partial charge in [-0.1, -0.05) is 0 Å². The van der Waals surface area contributed by atoms with Crippen molar-refractivity contribution in [2.45, 2.75) is 0 Å². The lowest BCUT2D eigenvalue weighted by atomic mass is 10.2. The van der Waals surface area contributed by atoms with Gasteiger partial charge in [-0.2, -0.15) is 0 Å². The number of hydrogen-bond donors (Lipinski definition) is 2. The molecule has 0 aliphatic carbocycles. The first-order chi connectivity index (χ1) is 7.16. The van der Waals surface area contributed by atoms with Crippen LogP contribution in [-0.2, 0) is 0 Å². The number of hydrogen-bond acceptors (Lipinski definition) is 5. The molecule has 6 heteroatoms. The molecule has 3 N–H and O–H groups in total. The van der Waals surface area contributed by atoms with E-state index in [1.165, 1.54) is 12.3 Å². The number of nitrogens with zero attached hydrogens (tertiary/aromatic N) is 2. The van der Waals surface area contributed by atoms with Crippen molar-refractivity contribution >= 4 is 11.9 Å². The Kier molecular flexibility index (Phi) is 2.09. The van der Waals surface area contributed by atoms with Crippen LogP contribution in [0.15, 0.2) is 28.9 Å². The fourth-order valence-corrected chi connectivity index (χ4v) is 1.13. The average molecular weight is 205 g/mol. The quantitative estimate of drug-likeness (QED) is 0.758. The Morgan fingerprint density at radius 1 is 1.47 bits per heavy atom. The number of carboxylic acids is 1. The van der Waals surface area contributed by atoms with E-state index in [1.807, 2.05) is 0 Å². The van der Waals surface area contributed by atoms with Crippen molar-refractivity contribution in [3.05, 3.63) is 30.2 Å². The number of nitrogen functional groups attached to an aromatic ring is 1. The third kappa shape index (κ3) is 1.78. The van der Waals surface area contributed by atoms with Crippen molar-refractivity contribution in [3.8, 4) is 11.5 Å². The summed E-state index contributed by atoms with van der Waals surface area (Å²) in [5.74, 6) is -0.801. The van der Waals surface area contributed by atoms with E-state index in [-0.39, 0.29) is 11.6 Å². The number of aromatic carboxylic acids is 1. The van der Waals surface area contributed by atoms with Crippen LogP contribution in [0.3, 0.4) is 0 Å². The van der Waals surface area contributed by atoms with Crippen molar-refractivity contribution in [1.82, 2.24) is 9.97 Å². The topological polar surface area (TPSA) is 102 Å². The van der Waals surface area contributed by atoms with Gasteiger partial charge in [-0.3, -0.25) is 0 Å². The molecule has 0 fully saturated rings. The van der Waals surface area contributed by atoms with Gasteiger partial charge >= 0.3 is 5.97 Å². The van der Waals surface area contributed by atoms with Gasteiger partial charge in [-0.25, -0.2) is 14.8 Å². The maximum absolute atomic E-state index is 10.7. The fraction of sp³-hybridized carbons (Fsp3) is 0. The fourth-order valence-electron chi connectivity index (χ4n) is 1.13. The molecule has 0 saturated heterocycles. The molecule has 2 rings (SSSR count). The molecule has 2 aromatic heterocycles. The second kappa shape index (κ2) is 3.41. The Bertz CT molecular complexity index is 493. The number of furan rings is 1. The molecule has 0 bridgehead atoms. The van der Waals surface area contributed by atoms with Gasteiger partial charge in [0, 0.05) is 6.07 Å². The molecule has 0 aliphatic rings. The first-order valence-electron chi connectivity index (χ1n) is 4.08. The van der Waals surface area contributed by atoms with E-state index < -0.39 is 5.97 Å². The smallest absolute Gasteiger partial charge is 0.354 e. The summed E-state index contributed by atoms with van der Waals surface area (Å²) in [4.78, 5) is 18.1. The molecule has 0 amide bonds. The zero-order valence-electron chi connectivity index (χ0n) is 7.54. The number of anilines is 1. The van der Waals surface area contributed by atoms with Gasteiger partial charge in [0.2, 0.25) is 5.95 Å². The predicted octanol–water partition coefficient (Wildman–Crippen LogP) is 1.02. The summed E-state index contributed by atoms with van der Waals surface area (Å²) in [5, 5.41) is 8.75. The summed E-state index contributed by atoms with van der Waals surface area (Å²) in [6, 6.07) is 4.64. The maximum Gasteiger partial charge on any atom is 0.354 e. The minimum atomic E-state index is -1.16. The molecular formula is C9H7N3O3. The minimum Gasteiger partial charge on any atom is -0.477 e. The molecule has 2 aromatic rings. The Hall–Kier alpha value is -2.37. The van der Waals surface area contributed by atoms with E-state index in [0.717, 1.165) is 0 Å². The van der Waals surface area contributed by atoms with Crippen LogP contribution >= 0.6 is 0 Å². The number of carboxylic acid groups (broad SMARTS) is 1. The van der Waals surface area contributed by atoms with Crippen LogP contribution < -0.4 is 5.73 Å². The van der Waals surface area contributed by atoms with Gasteiger partial charge in [0.25, 0.3) is 0 Å². The van der Waals surface area contributed by atoms with Crippen molar-refractivity contribution in [1.29, 1.82) is 0 Å². The van der Waals surface area contributed by atoms with E-state index in [0.29, 0.717) is 11.5 Å². The van der Waals surface area contributed by atoms with Crippen LogP contribution in [0.1, 0.15) is 10.5 Å². The van der Waals surface area contributed by atoms with Gasteiger partial charge in [-0.05, 0) is 12.1 Å². The highest BCUT2D eigenvalue weighted by Crippen LogP contribution is 2.18. The van der Waals surface area contributed by atoms with E-state index in [9.17, 15) is 4.79 Å². The SMILES string of the molecule is Nc1nc(C(=O)O)cc(-c2ccco2)n1. The van der Waals surface area contributed by atoms with Gasteiger partial charge in [0.15, 0.2) is 11.5 Å². The Morgan fingerprint density at radius 3 is 2.87 bits per heavy atom. The minimum absolute atomic E-state index is 0.0960. The summed E-state index contributed by atoms with van der Waals surface area (Å²) < 4.78 is 5.07. The van der Waals surface area contributed by atoms with Crippen LogP contribution in [0.2, 0.25) is 0 Å². The van der Waals surface area contributed by atoms with Gasteiger partial charge in [0.05, 0.1) is 6.26 Å². The third-order valence-electron chi connectivity index (χ3n) is 1.74. The van der Waals surface area contributed by atoms with Crippen LogP contribution in [0, 0.1) is 0 Å². The van der Waals surface area contributed by atoms with Crippen molar-refractivity contribution in [2.24, 2.45) is 0 Å². The highest BCUT2D eigenvalue weighted by atomic mass is 16.4. The molecule has 0 aliphatic heterocycles. The largest absolute Gasteiger partial charge is 0.477 e. The summed E-state index contributed by atoms with van der Waals surface area (Å²) in [7, 11) is 0. The molecule has 0 radical (unpaired) electrons. The standard InChI is InChI=1S/C9H7N3O3/c10-9-11-5(7-2-1-3-15-7)4-6(12-9)8(13)14/h1-4H,(H,13,14)(H2,10,11,12). The van der Waals surface area contributed by atoms with E-state index >= 15 is 0 Å². The zero-order valence-corrected chi connectivity index (χ0v) is 7.54. The Labute approximate surface area is 84.4 Å². The van der Waals surface area contributed by atoms with Crippen LogP contribution in [0.25, 0.3) is 11.5 Å². The average Bonchev–Trinajstić information content (AvgIpc) is 2.69.